The molecule has 0 heterocycles. The first kappa shape index (κ1) is 12.4. The van der Waals surface area contributed by atoms with Gasteiger partial charge in [0, 0.05) is 12.6 Å². The van der Waals surface area contributed by atoms with Gasteiger partial charge in [0.1, 0.15) is 0 Å². The molecule has 2 nitrogen and oxygen atoms in total. The van der Waals surface area contributed by atoms with Crippen molar-refractivity contribution in [2.24, 2.45) is 11.8 Å². The van der Waals surface area contributed by atoms with Crippen LogP contribution in [0, 0.1) is 11.8 Å². The third kappa shape index (κ3) is 3.46. The summed E-state index contributed by atoms with van der Waals surface area (Å²) in [4.78, 5) is 0. The Morgan fingerprint density at radius 1 is 0.812 bits per heavy atom. The largest absolute Gasteiger partial charge is 0.396 e. The molecule has 2 rings (SSSR count). The summed E-state index contributed by atoms with van der Waals surface area (Å²) in [6, 6.07) is 0.766. The standard InChI is InChI=1S/C14H27NO/c16-11-13-7-5-6-12(13)10-15-14-8-3-1-2-4-9-14/h12-16H,1-11H2. The zero-order chi connectivity index (χ0) is 11.2. The Kier molecular flexibility index (Phi) is 5.11. The van der Waals surface area contributed by atoms with E-state index in [0.717, 1.165) is 18.5 Å². The van der Waals surface area contributed by atoms with Crippen LogP contribution in [0.2, 0.25) is 0 Å². The van der Waals surface area contributed by atoms with Crippen LogP contribution in [0.3, 0.4) is 0 Å². The summed E-state index contributed by atoms with van der Waals surface area (Å²) >= 11 is 0. The smallest absolute Gasteiger partial charge is 0.0462 e. The van der Waals surface area contributed by atoms with Crippen molar-refractivity contribution < 1.29 is 5.11 Å². The monoisotopic (exact) mass is 225 g/mol. The molecule has 2 fully saturated rings. The van der Waals surface area contributed by atoms with Gasteiger partial charge in [-0.05, 0) is 44.1 Å². The molecule has 0 saturated heterocycles. The van der Waals surface area contributed by atoms with Crippen molar-refractivity contribution in [1.82, 2.24) is 5.32 Å². The van der Waals surface area contributed by atoms with Crippen LogP contribution in [-0.4, -0.2) is 24.3 Å². The van der Waals surface area contributed by atoms with E-state index in [0.29, 0.717) is 12.5 Å². The summed E-state index contributed by atoms with van der Waals surface area (Å²) in [6.45, 7) is 1.55. The topological polar surface area (TPSA) is 32.3 Å². The zero-order valence-electron chi connectivity index (χ0n) is 10.5. The molecule has 0 aliphatic heterocycles. The predicted octanol–water partition coefficient (Wildman–Crippen LogP) is 2.71. The second-order valence-corrected chi connectivity index (χ2v) is 5.73. The van der Waals surface area contributed by atoms with Gasteiger partial charge >= 0.3 is 0 Å². The molecule has 2 saturated carbocycles. The maximum atomic E-state index is 9.29. The fraction of sp³-hybridized carbons (Fsp3) is 1.00. The molecule has 0 radical (unpaired) electrons. The van der Waals surface area contributed by atoms with E-state index >= 15 is 0 Å². The maximum absolute atomic E-state index is 9.29. The van der Waals surface area contributed by atoms with Gasteiger partial charge in [-0.15, -0.1) is 0 Å². The number of aliphatic hydroxyl groups is 1. The lowest BCUT2D eigenvalue weighted by atomic mass is 9.96. The zero-order valence-corrected chi connectivity index (χ0v) is 10.5. The van der Waals surface area contributed by atoms with Gasteiger partial charge in [-0.3, -0.25) is 0 Å². The van der Waals surface area contributed by atoms with Crippen LogP contribution in [0.4, 0.5) is 0 Å². The van der Waals surface area contributed by atoms with E-state index in [1.807, 2.05) is 0 Å². The van der Waals surface area contributed by atoms with Crippen LogP contribution in [0.15, 0.2) is 0 Å². The molecule has 94 valence electrons. The van der Waals surface area contributed by atoms with Crippen molar-refractivity contribution in [2.75, 3.05) is 13.2 Å². The minimum Gasteiger partial charge on any atom is -0.396 e. The number of rotatable bonds is 4. The van der Waals surface area contributed by atoms with E-state index in [2.05, 4.69) is 5.32 Å². The molecule has 0 aromatic carbocycles. The maximum Gasteiger partial charge on any atom is 0.0462 e. The van der Waals surface area contributed by atoms with Gasteiger partial charge in [-0.2, -0.15) is 0 Å². The Labute approximate surface area is 99.8 Å². The quantitative estimate of drug-likeness (QED) is 0.721. The molecule has 2 aliphatic carbocycles. The van der Waals surface area contributed by atoms with Gasteiger partial charge < -0.3 is 10.4 Å². The molecule has 0 aromatic heterocycles. The van der Waals surface area contributed by atoms with Crippen LogP contribution in [0.1, 0.15) is 57.8 Å². The second-order valence-electron chi connectivity index (χ2n) is 5.73. The molecule has 2 heteroatoms. The van der Waals surface area contributed by atoms with E-state index in [1.54, 1.807) is 0 Å². The van der Waals surface area contributed by atoms with E-state index < -0.39 is 0 Å². The summed E-state index contributed by atoms with van der Waals surface area (Å²) < 4.78 is 0. The van der Waals surface area contributed by atoms with Gasteiger partial charge in [-0.25, -0.2) is 0 Å². The van der Waals surface area contributed by atoms with Crippen molar-refractivity contribution in [3.8, 4) is 0 Å². The first-order valence-corrected chi connectivity index (χ1v) is 7.24. The Balaban J connectivity index is 1.69. The Morgan fingerprint density at radius 3 is 2.19 bits per heavy atom. The average molecular weight is 225 g/mol. The van der Waals surface area contributed by atoms with Crippen LogP contribution >= 0.6 is 0 Å². The summed E-state index contributed by atoms with van der Waals surface area (Å²) in [5.74, 6) is 1.33. The van der Waals surface area contributed by atoms with Crippen molar-refractivity contribution in [2.45, 2.75) is 63.8 Å². The Morgan fingerprint density at radius 2 is 1.50 bits per heavy atom. The van der Waals surface area contributed by atoms with Crippen molar-refractivity contribution in [3.05, 3.63) is 0 Å². The van der Waals surface area contributed by atoms with Crippen molar-refractivity contribution in [1.29, 1.82) is 0 Å². The fourth-order valence-corrected chi connectivity index (χ4v) is 3.42. The van der Waals surface area contributed by atoms with E-state index in [-0.39, 0.29) is 0 Å². The summed E-state index contributed by atoms with van der Waals surface area (Å²) in [7, 11) is 0. The van der Waals surface area contributed by atoms with Crippen molar-refractivity contribution in [3.63, 3.8) is 0 Å². The molecular formula is C14H27NO. The van der Waals surface area contributed by atoms with Crippen LogP contribution in [-0.2, 0) is 0 Å². The molecule has 2 unspecified atom stereocenters. The highest BCUT2D eigenvalue weighted by molar-refractivity contribution is 4.80. The molecule has 0 bridgehead atoms. The molecule has 0 amide bonds. The number of hydrogen-bond donors (Lipinski definition) is 2. The Hall–Kier alpha value is -0.0800. The lowest BCUT2D eigenvalue weighted by molar-refractivity contribution is 0.189. The Bertz CT molecular complexity index is 187. The molecule has 2 N–H and O–H groups in total. The number of nitrogens with one attached hydrogen (secondary N) is 1. The first-order valence-electron chi connectivity index (χ1n) is 7.24. The third-order valence-electron chi connectivity index (χ3n) is 4.57. The van der Waals surface area contributed by atoms with Crippen molar-refractivity contribution >= 4 is 0 Å². The lowest BCUT2D eigenvalue weighted by Gasteiger charge is -2.22. The minimum atomic E-state index is 0.400. The van der Waals surface area contributed by atoms with Gasteiger partial charge in [0.15, 0.2) is 0 Å². The number of aliphatic hydroxyl groups excluding tert-OH is 1. The molecular weight excluding hydrogens is 198 g/mol. The van der Waals surface area contributed by atoms with Gasteiger partial charge in [0.05, 0.1) is 0 Å². The average Bonchev–Trinajstić information content (AvgIpc) is 2.60. The lowest BCUT2D eigenvalue weighted by Crippen LogP contribution is -2.34. The molecule has 0 spiro atoms. The number of hydrogen-bond acceptors (Lipinski definition) is 2. The normalized spacial score (nSPS) is 32.8. The van der Waals surface area contributed by atoms with Gasteiger partial charge in [-0.1, -0.05) is 32.1 Å². The molecule has 2 atom stereocenters. The van der Waals surface area contributed by atoms with Crippen LogP contribution in [0.5, 0.6) is 0 Å². The van der Waals surface area contributed by atoms with Crippen LogP contribution < -0.4 is 5.32 Å². The first-order chi connectivity index (χ1) is 7.90. The van der Waals surface area contributed by atoms with Gasteiger partial charge in [0.2, 0.25) is 0 Å². The fourth-order valence-electron chi connectivity index (χ4n) is 3.42. The van der Waals surface area contributed by atoms with E-state index in [4.69, 9.17) is 0 Å². The highest BCUT2D eigenvalue weighted by atomic mass is 16.3. The van der Waals surface area contributed by atoms with Crippen LogP contribution in [0.25, 0.3) is 0 Å². The SMILES string of the molecule is OCC1CCCC1CNC1CCCCCC1. The molecule has 0 aromatic rings. The third-order valence-corrected chi connectivity index (χ3v) is 4.57. The molecule has 16 heavy (non-hydrogen) atoms. The summed E-state index contributed by atoms with van der Waals surface area (Å²) in [6.07, 6.45) is 12.3. The highest BCUT2D eigenvalue weighted by Gasteiger charge is 2.26. The molecule has 2 aliphatic rings. The predicted molar refractivity (Wildman–Crippen MR) is 67.4 cm³/mol. The minimum absolute atomic E-state index is 0.400. The summed E-state index contributed by atoms with van der Waals surface area (Å²) in [5.41, 5.74) is 0. The second kappa shape index (κ2) is 6.61. The van der Waals surface area contributed by atoms with E-state index in [1.165, 1.54) is 57.8 Å². The van der Waals surface area contributed by atoms with E-state index in [9.17, 15) is 5.11 Å². The van der Waals surface area contributed by atoms with Gasteiger partial charge in [0.25, 0.3) is 0 Å². The highest BCUT2D eigenvalue weighted by Crippen LogP contribution is 2.31. The summed E-state index contributed by atoms with van der Waals surface area (Å²) in [5, 5.41) is 13.0.